The molecule has 1 aliphatic rings. The molecule has 1 amide bonds. The molecule has 31 heavy (non-hydrogen) atoms. The van der Waals surface area contributed by atoms with Crippen molar-refractivity contribution in [1.82, 2.24) is 19.4 Å². The Morgan fingerprint density at radius 2 is 1.94 bits per heavy atom. The van der Waals surface area contributed by atoms with Gasteiger partial charge in [-0.15, -0.1) is 0 Å². The first kappa shape index (κ1) is 20.7. The molecule has 0 unspecified atom stereocenters. The summed E-state index contributed by atoms with van der Waals surface area (Å²) in [7, 11) is 1.61. The van der Waals surface area contributed by atoms with E-state index in [1.807, 2.05) is 6.07 Å². The summed E-state index contributed by atoms with van der Waals surface area (Å²) < 4.78 is 31.6. The molecule has 4 rings (SSSR count). The number of hydrogen-bond acceptors (Lipinski definition) is 6. The van der Waals surface area contributed by atoms with Crippen molar-refractivity contribution in [2.75, 3.05) is 37.7 Å². The van der Waals surface area contributed by atoms with Crippen molar-refractivity contribution in [1.29, 1.82) is 0 Å². The predicted molar refractivity (Wildman–Crippen MR) is 111 cm³/mol. The lowest BCUT2D eigenvalue weighted by molar-refractivity contribution is 0.0744. The first-order valence-corrected chi connectivity index (χ1v) is 9.79. The highest BCUT2D eigenvalue weighted by Gasteiger charge is 2.24. The summed E-state index contributed by atoms with van der Waals surface area (Å²) in [5, 5.41) is 0.548. The molecule has 1 saturated heterocycles. The Bertz CT molecular complexity index is 1160. The number of fused-ring (bicyclic) bond motifs is 1. The van der Waals surface area contributed by atoms with Crippen LogP contribution < -0.4 is 15.2 Å². The molecule has 0 bridgehead atoms. The van der Waals surface area contributed by atoms with Crippen LogP contribution in [0.1, 0.15) is 10.4 Å². The fraction of sp³-hybridized carbons (Fsp3) is 0.333. The molecule has 0 aliphatic carbocycles. The van der Waals surface area contributed by atoms with Gasteiger partial charge in [0, 0.05) is 45.1 Å². The fourth-order valence-electron chi connectivity index (χ4n) is 3.57. The first-order chi connectivity index (χ1) is 14.9. The average Bonchev–Trinajstić information content (AvgIpc) is 2.78. The van der Waals surface area contributed by atoms with Crippen LogP contribution in [0.4, 0.5) is 14.5 Å². The van der Waals surface area contributed by atoms with Crippen molar-refractivity contribution in [3.63, 3.8) is 0 Å². The monoisotopic (exact) mass is 429 g/mol. The lowest BCUT2D eigenvalue weighted by Crippen LogP contribution is -2.49. The van der Waals surface area contributed by atoms with Crippen LogP contribution in [0.25, 0.3) is 10.9 Å². The van der Waals surface area contributed by atoms with E-state index in [1.165, 1.54) is 10.9 Å². The minimum absolute atomic E-state index is 0.112. The summed E-state index contributed by atoms with van der Waals surface area (Å²) in [5.41, 5.74) is 1.28. The van der Waals surface area contributed by atoms with E-state index >= 15 is 0 Å². The summed E-state index contributed by atoms with van der Waals surface area (Å²) in [6.07, 6.45) is 0.293. The molecule has 10 heteroatoms. The standard InChI is InChI=1S/C21H21F2N5O3/c1-26-6-2-3-15(20(26)29)21(30)28-9-7-27(8-10-28)14-4-5-17-16(11-14)19(25-13-24-17)31-12-18(22)23/h2-6,11,13,18H,7-10,12H2,1H3. The maximum Gasteiger partial charge on any atom is 0.272 e. The molecular formula is C21H21F2N5O3. The first-order valence-electron chi connectivity index (χ1n) is 9.79. The molecular weight excluding hydrogens is 408 g/mol. The number of alkyl halides is 2. The van der Waals surface area contributed by atoms with Crippen LogP contribution in [0.3, 0.4) is 0 Å². The summed E-state index contributed by atoms with van der Waals surface area (Å²) in [6.45, 7) is 1.29. The van der Waals surface area contributed by atoms with E-state index in [-0.39, 0.29) is 22.9 Å². The van der Waals surface area contributed by atoms with Gasteiger partial charge < -0.3 is 19.1 Å². The number of carbonyl (C=O) groups excluding carboxylic acids is 1. The number of halogens is 2. The summed E-state index contributed by atoms with van der Waals surface area (Å²) in [6, 6.07) is 8.70. The topological polar surface area (TPSA) is 80.6 Å². The van der Waals surface area contributed by atoms with E-state index in [9.17, 15) is 18.4 Å². The highest BCUT2D eigenvalue weighted by molar-refractivity contribution is 5.94. The molecule has 0 spiro atoms. The van der Waals surface area contributed by atoms with Gasteiger partial charge in [0.05, 0.1) is 10.9 Å². The third-order valence-electron chi connectivity index (χ3n) is 5.21. The van der Waals surface area contributed by atoms with Gasteiger partial charge in [0.15, 0.2) is 6.61 Å². The summed E-state index contributed by atoms with van der Waals surface area (Å²) in [5.74, 6) is -0.170. The number of aromatic nitrogens is 3. The van der Waals surface area contributed by atoms with E-state index in [0.717, 1.165) is 5.69 Å². The maximum atomic E-state index is 12.8. The van der Waals surface area contributed by atoms with E-state index in [1.54, 1.807) is 42.4 Å². The minimum Gasteiger partial charge on any atom is -0.471 e. The van der Waals surface area contributed by atoms with Gasteiger partial charge in [0.1, 0.15) is 11.9 Å². The Balaban J connectivity index is 1.49. The molecule has 0 atom stereocenters. The molecule has 0 radical (unpaired) electrons. The van der Waals surface area contributed by atoms with Crippen molar-refractivity contribution in [3.8, 4) is 5.88 Å². The normalized spacial score (nSPS) is 14.3. The zero-order chi connectivity index (χ0) is 22.0. The lowest BCUT2D eigenvalue weighted by Gasteiger charge is -2.36. The van der Waals surface area contributed by atoms with E-state index in [0.29, 0.717) is 37.1 Å². The molecule has 0 N–H and O–H groups in total. The quantitative estimate of drug-likeness (QED) is 0.617. The molecule has 2 aromatic heterocycles. The number of amides is 1. The zero-order valence-electron chi connectivity index (χ0n) is 16.9. The van der Waals surface area contributed by atoms with Crippen LogP contribution >= 0.6 is 0 Å². The fourth-order valence-corrected chi connectivity index (χ4v) is 3.57. The van der Waals surface area contributed by atoms with Crippen molar-refractivity contribution < 1.29 is 18.3 Å². The third-order valence-corrected chi connectivity index (χ3v) is 5.21. The second-order valence-electron chi connectivity index (χ2n) is 7.20. The third kappa shape index (κ3) is 4.32. The number of carbonyl (C=O) groups is 1. The van der Waals surface area contributed by atoms with Crippen LogP contribution in [-0.4, -0.2) is 64.6 Å². The smallest absolute Gasteiger partial charge is 0.272 e. The van der Waals surface area contributed by atoms with Gasteiger partial charge in [-0.05, 0) is 30.3 Å². The van der Waals surface area contributed by atoms with Gasteiger partial charge >= 0.3 is 0 Å². The largest absolute Gasteiger partial charge is 0.471 e. The van der Waals surface area contributed by atoms with Crippen molar-refractivity contribution >= 4 is 22.5 Å². The molecule has 162 valence electrons. The second-order valence-corrected chi connectivity index (χ2v) is 7.20. The molecule has 1 aliphatic heterocycles. The van der Waals surface area contributed by atoms with Crippen LogP contribution in [-0.2, 0) is 7.05 Å². The number of piperazine rings is 1. The molecule has 1 fully saturated rings. The Kier molecular flexibility index (Phi) is 5.79. The summed E-state index contributed by atoms with van der Waals surface area (Å²) >= 11 is 0. The minimum atomic E-state index is -2.60. The Hall–Kier alpha value is -3.56. The van der Waals surface area contributed by atoms with E-state index in [4.69, 9.17) is 4.74 Å². The van der Waals surface area contributed by atoms with Crippen molar-refractivity contribution in [3.05, 3.63) is 58.8 Å². The van der Waals surface area contributed by atoms with Gasteiger partial charge in [-0.25, -0.2) is 18.7 Å². The number of ether oxygens (including phenoxy) is 1. The van der Waals surface area contributed by atoms with Gasteiger partial charge in [0.25, 0.3) is 17.9 Å². The van der Waals surface area contributed by atoms with Crippen molar-refractivity contribution in [2.45, 2.75) is 6.43 Å². The van der Waals surface area contributed by atoms with Gasteiger partial charge in [-0.2, -0.15) is 0 Å². The maximum absolute atomic E-state index is 12.8. The number of benzene rings is 1. The predicted octanol–water partition coefficient (Wildman–Crippen LogP) is 1.93. The van der Waals surface area contributed by atoms with Crippen LogP contribution in [0.2, 0.25) is 0 Å². The van der Waals surface area contributed by atoms with E-state index < -0.39 is 13.0 Å². The van der Waals surface area contributed by atoms with Crippen LogP contribution in [0, 0.1) is 0 Å². The number of pyridine rings is 1. The molecule has 3 heterocycles. The molecule has 1 aromatic carbocycles. The molecule has 3 aromatic rings. The highest BCUT2D eigenvalue weighted by atomic mass is 19.3. The number of aryl methyl sites for hydroxylation is 1. The number of rotatable bonds is 5. The van der Waals surface area contributed by atoms with Gasteiger partial charge in [-0.3, -0.25) is 9.59 Å². The molecule has 8 nitrogen and oxygen atoms in total. The average molecular weight is 429 g/mol. The summed E-state index contributed by atoms with van der Waals surface area (Å²) in [4.78, 5) is 36.9. The van der Waals surface area contributed by atoms with Crippen LogP contribution in [0.15, 0.2) is 47.7 Å². The number of hydrogen-bond donors (Lipinski definition) is 0. The Labute approximate surface area is 176 Å². The van der Waals surface area contributed by atoms with Gasteiger partial charge in [-0.1, -0.05) is 0 Å². The highest BCUT2D eigenvalue weighted by Crippen LogP contribution is 2.27. The van der Waals surface area contributed by atoms with Gasteiger partial charge in [0.2, 0.25) is 5.88 Å². The number of nitrogens with zero attached hydrogens (tertiary/aromatic N) is 5. The lowest BCUT2D eigenvalue weighted by atomic mass is 10.1. The Morgan fingerprint density at radius 3 is 2.68 bits per heavy atom. The SMILES string of the molecule is Cn1cccc(C(=O)N2CCN(c3ccc4ncnc(OCC(F)F)c4c3)CC2)c1=O. The van der Waals surface area contributed by atoms with E-state index in [2.05, 4.69) is 14.9 Å². The zero-order valence-corrected chi connectivity index (χ0v) is 16.9. The Morgan fingerprint density at radius 1 is 1.16 bits per heavy atom. The number of anilines is 1. The molecule has 0 saturated carbocycles. The van der Waals surface area contributed by atoms with Crippen molar-refractivity contribution in [2.24, 2.45) is 7.05 Å². The second kappa shape index (κ2) is 8.66. The van der Waals surface area contributed by atoms with Crippen LogP contribution in [0.5, 0.6) is 5.88 Å².